The molecule has 0 atom stereocenters. The van der Waals surface area contributed by atoms with Crippen molar-refractivity contribution in [3.05, 3.63) is 11.9 Å². The first kappa shape index (κ1) is 12.1. The van der Waals surface area contributed by atoms with Gasteiger partial charge in [-0.05, 0) is 18.8 Å². The van der Waals surface area contributed by atoms with E-state index >= 15 is 0 Å². The van der Waals surface area contributed by atoms with Gasteiger partial charge in [-0.2, -0.15) is 0 Å². The molecular formula is C13H22N4. The SMILES string of the molecule is CN(CC1CC1)c1cc(N)nc(C(C)(C)C)n1. The van der Waals surface area contributed by atoms with Crippen LogP contribution < -0.4 is 10.6 Å². The van der Waals surface area contributed by atoms with Gasteiger partial charge in [-0.15, -0.1) is 0 Å². The van der Waals surface area contributed by atoms with Gasteiger partial charge in [-0.3, -0.25) is 0 Å². The van der Waals surface area contributed by atoms with E-state index in [4.69, 9.17) is 5.73 Å². The summed E-state index contributed by atoms with van der Waals surface area (Å²) in [6, 6.07) is 1.86. The molecule has 0 bridgehead atoms. The second-order valence-electron chi connectivity index (χ2n) is 6.05. The lowest BCUT2D eigenvalue weighted by Gasteiger charge is -2.22. The van der Waals surface area contributed by atoms with Gasteiger partial charge in [-0.25, -0.2) is 9.97 Å². The molecule has 4 nitrogen and oxygen atoms in total. The number of aromatic nitrogens is 2. The summed E-state index contributed by atoms with van der Waals surface area (Å²) in [5, 5.41) is 0. The molecule has 17 heavy (non-hydrogen) atoms. The van der Waals surface area contributed by atoms with Crippen molar-refractivity contribution in [1.29, 1.82) is 0 Å². The van der Waals surface area contributed by atoms with Gasteiger partial charge in [0.25, 0.3) is 0 Å². The molecule has 1 fully saturated rings. The molecule has 2 rings (SSSR count). The first-order chi connectivity index (χ1) is 7.86. The van der Waals surface area contributed by atoms with E-state index in [0.717, 1.165) is 24.1 Å². The van der Waals surface area contributed by atoms with Crippen molar-refractivity contribution in [2.24, 2.45) is 5.92 Å². The Labute approximate surface area is 103 Å². The van der Waals surface area contributed by atoms with Crippen LogP contribution in [0.1, 0.15) is 39.4 Å². The minimum atomic E-state index is -0.0649. The molecule has 1 aliphatic rings. The Hall–Kier alpha value is -1.32. The molecule has 0 radical (unpaired) electrons. The Kier molecular flexibility index (Phi) is 2.98. The monoisotopic (exact) mass is 234 g/mol. The summed E-state index contributed by atoms with van der Waals surface area (Å²) in [5.41, 5.74) is 5.80. The zero-order valence-electron chi connectivity index (χ0n) is 11.2. The molecule has 94 valence electrons. The fraction of sp³-hybridized carbons (Fsp3) is 0.692. The molecule has 0 aromatic carbocycles. The normalized spacial score (nSPS) is 16.0. The average molecular weight is 234 g/mol. The summed E-state index contributed by atoms with van der Waals surface area (Å²) >= 11 is 0. The maximum Gasteiger partial charge on any atom is 0.138 e. The topological polar surface area (TPSA) is 55.0 Å². The second-order valence-corrected chi connectivity index (χ2v) is 6.05. The van der Waals surface area contributed by atoms with E-state index in [9.17, 15) is 0 Å². The molecule has 4 heteroatoms. The predicted octanol–water partition coefficient (Wildman–Crippen LogP) is 2.20. The van der Waals surface area contributed by atoms with Crippen molar-refractivity contribution in [3.8, 4) is 0 Å². The molecule has 0 unspecified atom stereocenters. The van der Waals surface area contributed by atoms with Crippen LogP contribution in [0.2, 0.25) is 0 Å². The number of nitrogens with zero attached hydrogens (tertiary/aromatic N) is 3. The number of hydrogen-bond acceptors (Lipinski definition) is 4. The maximum atomic E-state index is 5.86. The molecule has 0 spiro atoms. The van der Waals surface area contributed by atoms with Gasteiger partial charge >= 0.3 is 0 Å². The van der Waals surface area contributed by atoms with Crippen LogP contribution in [0.5, 0.6) is 0 Å². The second kappa shape index (κ2) is 4.17. The number of hydrogen-bond donors (Lipinski definition) is 1. The third-order valence-corrected chi connectivity index (χ3v) is 3.02. The van der Waals surface area contributed by atoms with E-state index in [1.165, 1.54) is 12.8 Å². The fourth-order valence-corrected chi connectivity index (χ4v) is 1.76. The number of nitrogen functional groups attached to an aromatic ring is 1. The van der Waals surface area contributed by atoms with Crippen molar-refractivity contribution >= 4 is 11.6 Å². The summed E-state index contributed by atoms with van der Waals surface area (Å²) in [7, 11) is 2.08. The minimum absolute atomic E-state index is 0.0649. The van der Waals surface area contributed by atoms with E-state index < -0.39 is 0 Å². The highest BCUT2D eigenvalue weighted by Crippen LogP contribution is 2.31. The lowest BCUT2D eigenvalue weighted by molar-refractivity contribution is 0.545. The molecule has 0 saturated heterocycles. The van der Waals surface area contributed by atoms with Crippen LogP contribution >= 0.6 is 0 Å². The standard InChI is InChI=1S/C13H22N4/c1-13(2,3)12-15-10(14)7-11(16-12)17(4)8-9-5-6-9/h7,9H,5-6,8H2,1-4H3,(H2,14,15,16). The molecule has 1 saturated carbocycles. The van der Waals surface area contributed by atoms with Crippen molar-refractivity contribution in [2.45, 2.75) is 39.0 Å². The number of nitrogens with two attached hydrogens (primary N) is 1. The fourth-order valence-electron chi connectivity index (χ4n) is 1.76. The zero-order chi connectivity index (χ0) is 12.6. The van der Waals surface area contributed by atoms with Crippen molar-refractivity contribution < 1.29 is 0 Å². The van der Waals surface area contributed by atoms with Crippen LogP contribution in [0.15, 0.2) is 6.07 Å². The molecular weight excluding hydrogens is 212 g/mol. The lowest BCUT2D eigenvalue weighted by Crippen LogP contribution is -2.24. The van der Waals surface area contributed by atoms with Gasteiger partial charge in [0.2, 0.25) is 0 Å². The molecule has 1 aliphatic carbocycles. The van der Waals surface area contributed by atoms with Crippen LogP contribution in [0, 0.1) is 5.92 Å². The highest BCUT2D eigenvalue weighted by molar-refractivity contribution is 5.47. The van der Waals surface area contributed by atoms with Crippen LogP contribution in [-0.2, 0) is 5.41 Å². The van der Waals surface area contributed by atoms with Gasteiger partial charge in [-0.1, -0.05) is 20.8 Å². The van der Waals surface area contributed by atoms with E-state index in [-0.39, 0.29) is 5.41 Å². The van der Waals surface area contributed by atoms with Crippen molar-refractivity contribution in [1.82, 2.24) is 9.97 Å². The zero-order valence-corrected chi connectivity index (χ0v) is 11.2. The highest BCUT2D eigenvalue weighted by atomic mass is 15.2. The number of rotatable bonds is 3. The van der Waals surface area contributed by atoms with Gasteiger partial charge in [0.05, 0.1) is 0 Å². The largest absolute Gasteiger partial charge is 0.384 e. The van der Waals surface area contributed by atoms with Gasteiger partial charge in [0, 0.05) is 25.1 Å². The molecule has 1 aromatic rings. The molecule has 0 aliphatic heterocycles. The van der Waals surface area contributed by atoms with E-state index in [0.29, 0.717) is 5.82 Å². The Balaban J connectivity index is 2.23. The van der Waals surface area contributed by atoms with Crippen molar-refractivity contribution in [2.75, 3.05) is 24.2 Å². The first-order valence-corrected chi connectivity index (χ1v) is 6.22. The summed E-state index contributed by atoms with van der Waals surface area (Å²) < 4.78 is 0. The quantitative estimate of drug-likeness (QED) is 0.871. The summed E-state index contributed by atoms with van der Waals surface area (Å²) in [6.45, 7) is 7.38. The average Bonchev–Trinajstić information content (AvgIpc) is 2.99. The molecule has 1 aromatic heterocycles. The van der Waals surface area contributed by atoms with Crippen LogP contribution in [0.4, 0.5) is 11.6 Å². The smallest absolute Gasteiger partial charge is 0.138 e. The van der Waals surface area contributed by atoms with Gasteiger partial charge in [0.15, 0.2) is 0 Å². The predicted molar refractivity (Wildman–Crippen MR) is 71.1 cm³/mol. The summed E-state index contributed by atoms with van der Waals surface area (Å²) in [5.74, 6) is 3.15. The van der Waals surface area contributed by atoms with Crippen LogP contribution in [0.3, 0.4) is 0 Å². The molecule has 0 amide bonds. The minimum Gasteiger partial charge on any atom is -0.384 e. The van der Waals surface area contributed by atoms with Gasteiger partial charge in [0.1, 0.15) is 17.5 Å². The maximum absolute atomic E-state index is 5.86. The van der Waals surface area contributed by atoms with E-state index in [2.05, 4.69) is 42.7 Å². The summed E-state index contributed by atoms with van der Waals surface area (Å²) in [6.07, 6.45) is 2.69. The first-order valence-electron chi connectivity index (χ1n) is 6.22. The third-order valence-electron chi connectivity index (χ3n) is 3.02. The van der Waals surface area contributed by atoms with E-state index in [1.807, 2.05) is 6.07 Å². The van der Waals surface area contributed by atoms with Crippen LogP contribution in [-0.4, -0.2) is 23.6 Å². The summed E-state index contributed by atoms with van der Waals surface area (Å²) in [4.78, 5) is 11.1. The molecule has 1 heterocycles. The lowest BCUT2D eigenvalue weighted by atomic mass is 9.96. The highest BCUT2D eigenvalue weighted by Gasteiger charge is 2.24. The molecule has 2 N–H and O–H groups in total. The van der Waals surface area contributed by atoms with Crippen molar-refractivity contribution in [3.63, 3.8) is 0 Å². The Bertz CT molecular complexity index is 404. The Morgan fingerprint density at radius 3 is 2.53 bits per heavy atom. The van der Waals surface area contributed by atoms with Crippen LogP contribution in [0.25, 0.3) is 0 Å². The Morgan fingerprint density at radius 2 is 2.00 bits per heavy atom. The van der Waals surface area contributed by atoms with E-state index in [1.54, 1.807) is 0 Å². The number of anilines is 2. The van der Waals surface area contributed by atoms with Gasteiger partial charge < -0.3 is 10.6 Å². The third kappa shape index (κ3) is 3.08. The Morgan fingerprint density at radius 1 is 1.35 bits per heavy atom.